The van der Waals surface area contributed by atoms with Crippen LogP contribution in [0.15, 0.2) is 28.8 Å². The Morgan fingerprint density at radius 1 is 1.42 bits per heavy atom. The molecule has 0 atom stereocenters. The van der Waals surface area contributed by atoms with Crippen LogP contribution in [0.1, 0.15) is 30.8 Å². The van der Waals surface area contributed by atoms with E-state index in [0.29, 0.717) is 12.3 Å². The number of ether oxygens (including phenoxy) is 1. The van der Waals surface area contributed by atoms with E-state index in [-0.39, 0.29) is 5.69 Å². The lowest BCUT2D eigenvalue weighted by Gasteiger charge is -2.02. The third-order valence-corrected chi connectivity index (χ3v) is 2.50. The lowest BCUT2D eigenvalue weighted by atomic mass is 10.2. The Balaban J connectivity index is 2.30. The topological polar surface area (TPSA) is 79.3 Å². The summed E-state index contributed by atoms with van der Waals surface area (Å²) in [4.78, 5) is 11.4. The molecule has 0 saturated carbocycles. The maximum Gasteiger partial charge on any atom is 0.305 e. The molecule has 0 aliphatic carbocycles. The molecule has 0 bridgehead atoms. The fraction of sp³-hybridized carbons (Fsp3) is 0.308. The Morgan fingerprint density at radius 2 is 2.11 bits per heavy atom. The Labute approximate surface area is 110 Å². The van der Waals surface area contributed by atoms with Crippen LogP contribution in [0, 0.1) is 0 Å². The summed E-state index contributed by atoms with van der Waals surface area (Å²) in [6, 6.07) is 6.92. The number of hydrogen-bond acceptors (Lipinski definition) is 5. The Morgan fingerprint density at radius 3 is 2.68 bits per heavy atom. The van der Waals surface area contributed by atoms with Gasteiger partial charge in [0, 0.05) is 19.1 Å². The van der Waals surface area contributed by atoms with Crippen molar-refractivity contribution in [2.24, 2.45) is 0 Å². The molecule has 1 aromatic heterocycles. The predicted octanol–water partition coefficient (Wildman–Crippen LogP) is 1.02. The highest BCUT2D eigenvalue weighted by Gasteiger charge is 2.24. The molecule has 0 unspecified atom stereocenters. The van der Waals surface area contributed by atoms with Gasteiger partial charge in [-0.25, -0.2) is 0 Å². The standard InChI is InChI=1S/C13H14N2O4/c1-3-8-18-11-6-4-10(5-7-11)15-12(9(2)16)13(17)19-14-15/h4-7H,3,8H2,1-2H3. The molecule has 0 N–H and O–H groups in total. The average Bonchev–Trinajstić information content (AvgIpc) is 2.79. The van der Waals surface area contributed by atoms with E-state index in [1.54, 1.807) is 24.3 Å². The van der Waals surface area contributed by atoms with Crippen LogP contribution in [-0.4, -0.2) is 17.7 Å². The van der Waals surface area contributed by atoms with Crippen LogP contribution >= 0.6 is 0 Å². The fourth-order valence-electron chi connectivity index (χ4n) is 1.62. The number of carbonyl (C=O) groups is 1. The number of benzene rings is 1. The van der Waals surface area contributed by atoms with Gasteiger partial charge in [0.25, 0.3) is 0 Å². The molecule has 6 nitrogen and oxygen atoms in total. The summed E-state index contributed by atoms with van der Waals surface area (Å²) in [5.41, 5.74) is 0.474. The van der Waals surface area contributed by atoms with Crippen LogP contribution in [0.4, 0.5) is 0 Å². The maximum atomic E-state index is 11.4. The second kappa shape index (κ2) is 5.51. The molecular formula is C13H14N2O4. The van der Waals surface area contributed by atoms with E-state index in [9.17, 15) is 9.90 Å². The molecule has 1 aromatic carbocycles. The van der Waals surface area contributed by atoms with Gasteiger partial charge in [0.15, 0.2) is 5.95 Å². The highest BCUT2D eigenvalue weighted by atomic mass is 16.6. The number of aromatic nitrogens is 2. The van der Waals surface area contributed by atoms with E-state index in [0.717, 1.165) is 12.2 Å². The van der Waals surface area contributed by atoms with Crippen LogP contribution in [0.3, 0.4) is 0 Å². The monoisotopic (exact) mass is 262 g/mol. The molecule has 2 aromatic rings. The van der Waals surface area contributed by atoms with Gasteiger partial charge >= 0.3 is 5.69 Å². The number of Topliss-reactive ketones (excluding diaryl/α,β-unsaturated/α-hetero) is 1. The molecule has 6 heteroatoms. The average molecular weight is 262 g/mol. The summed E-state index contributed by atoms with van der Waals surface area (Å²) in [6.45, 7) is 3.96. The van der Waals surface area contributed by atoms with Crippen molar-refractivity contribution in [1.29, 1.82) is 0 Å². The molecule has 100 valence electrons. The van der Waals surface area contributed by atoms with Gasteiger partial charge in [0.2, 0.25) is 11.5 Å². The first kappa shape index (κ1) is 13.1. The van der Waals surface area contributed by atoms with Crippen molar-refractivity contribution in [3.63, 3.8) is 0 Å². The molecular weight excluding hydrogens is 248 g/mol. The van der Waals surface area contributed by atoms with Gasteiger partial charge in [-0.05, 0) is 23.2 Å². The highest BCUT2D eigenvalue weighted by Crippen LogP contribution is 2.15. The third kappa shape index (κ3) is 2.73. The lowest BCUT2D eigenvalue weighted by Crippen LogP contribution is -2.38. The number of nitrogens with zero attached hydrogens (tertiary/aromatic N) is 2. The third-order valence-electron chi connectivity index (χ3n) is 2.50. The first-order chi connectivity index (χ1) is 9.13. The summed E-state index contributed by atoms with van der Waals surface area (Å²) >= 11 is 0. The van der Waals surface area contributed by atoms with Crippen molar-refractivity contribution in [3.05, 3.63) is 30.0 Å². The van der Waals surface area contributed by atoms with Crippen LogP contribution < -0.4 is 14.5 Å². The predicted molar refractivity (Wildman–Crippen MR) is 63.3 cm³/mol. The van der Waals surface area contributed by atoms with Crippen LogP contribution in [0.2, 0.25) is 0 Å². The molecule has 1 heterocycles. The molecule has 0 saturated heterocycles. The summed E-state index contributed by atoms with van der Waals surface area (Å²) in [5, 5.41) is 14.9. The second-order valence-electron chi connectivity index (χ2n) is 4.02. The summed E-state index contributed by atoms with van der Waals surface area (Å²) in [6.07, 6.45) is 0.924. The zero-order chi connectivity index (χ0) is 13.8. The molecule has 0 spiro atoms. The molecule has 0 amide bonds. The zero-order valence-corrected chi connectivity index (χ0v) is 10.8. The molecule has 0 aliphatic rings. The van der Waals surface area contributed by atoms with E-state index >= 15 is 0 Å². The molecule has 0 radical (unpaired) electrons. The summed E-state index contributed by atoms with van der Waals surface area (Å²) in [5.74, 6) is -0.405. The Hall–Kier alpha value is -2.37. The molecule has 0 fully saturated rings. The van der Waals surface area contributed by atoms with E-state index in [1.165, 1.54) is 11.6 Å². The van der Waals surface area contributed by atoms with Crippen molar-refractivity contribution in [1.82, 2.24) is 5.27 Å². The van der Waals surface area contributed by atoms with Crippen molar-refractivity contribution in [2.45, 2.75) is 20.3 Å². The van der Waals surface area contributed by atoms with E-state index in [2.05, 4.69) is 9.79 Å². The van der Waals surface area contributed by atoms with Gasteiger partial charge in [-0.2, -0.15) is 0 Å². The zero-order valence-electron chi connectivity index (χ0n) is 10.8. The maximum absolute atomic E-state index is 11.4. The fourth-order valence-corrected chi connectivity index (χ4v) is 1.62. The lowest BCUT2D eigenvalue weighted by molar-refractivity contribution is -0.672. The number of hydrogen-bond donors (Lipinski definition) is 0. The number of rotatable bonds is 5. The van der Waals surface area contributed by atoms with Gasteiger partial charge in [-0.3, -0.25) is 4.79 Å². The van der Waals surface area contributed by atoms with Crippen molar-refractivity contribution in [2.75, 3.05) is 6.61 Å². The van der Waals surface area contributed by atoms with E-state index < -0.39 is 11.7 Å². The summed E-state index contributed by atoms with van der Waals surface area (Å²) in [7, 11) is 0. The minimum atomic E-state index is -0.737. The minimum absolute atomic E-state index is 0.0952. The Bertz CT molecular complexity index is 575. The van der Waals surface area contributed by atoms with Gasteiger partial charge in [-0.1, -0.05) is 6.92 Å². The minimum Gasteiger partial charge on any atom is -0.539 e. The smallest absolute Gasteiger partial charge is 0.305 e. The van der Waals surface area contributed by atoms with Crippen LogP contribution in [0.25, 0.3) is 5.69 Å². The number of ketones is 1. The van der Waals surface area contributed by atoms with Gasteiger partial charge in [-0.15, -0.1) is 0 Å². The highest BCUT2D eigenvalue weighted by molar-refractivity contribution is 5.92. The van der Waals surface area contributed by atoms with Crippen molar-refractivity contribution in [3.8, 4) is 17.4 Å². The van der Waals surface area contributed by atoms with E-state index in [1.807, 2.05) is 6.92 Å². The molecule has 2 rings (SSSR count). The van der Waals surface area contributed by atoms with Crippen molar-refractivity contribution >= 4 is 5.78 Å². The van der Waals surface area contributed by atoms with Crippen LogP contribution in [0.5, 0.6) is 11.7 Å². The summed E-state index contributed by atoms with van der Waals surface area (Å²) < 4.78 is 11.1. The first-order valence-corrected chi connectivity index (χ1v) is 5.96. The largest absolute Gasteiger partial charge is 0.539 e. The normalized spacial score (nSPS) is 10.4. The first-order valence-electron chi connectivity index (χ1n) is 5.96. The quantitative estimate of drug-likeness (QED) is 0.593. The SMILES string of the molecule is CCCOc1ccc(-[n+]2noc([O-])c2C(C)=O)cc1. The van der Waals surface area contributed by atoms with Crippen LogP contribution in [-0.2, 0) is 0 Å². The van der Waals surface area contributed by atoms with Gasteiger partial charge in [0.1, 0.15) is 5.75 Å². The van der Waals surface area contributed by atoms with E-state index in [4.69, 9.17) is 4.74 Å². The van der Waals surface area contributed by atoms with Crippen molar-refractivity contribution < 1.29 is 23.8 Å². The van der Waals surface area contributed by atoms with Gasteiger partial charge < -0.3 is 14.4 Å². The second-order valence-corrected chi connectivity index (χ2v) is 4.02. The Kier molecular flexibility index (Phi) is 3.79. The molecule has 19 heavy (non-hydrogen) atoms. The molecule has 0 aliphatic heterocycles. The van der Waals surface area contributed by atoms with Gasteiger partial charge in [0.05, 0.1) is 11.9 Å². The number of carbonyl (C=O) groups excluding carboxylic acids is 1.